The molecule has 0 atom stereocenters. The zero-order valence-corrected chi connectivity index (χ0v) is 17.1. The highest BCUT2D eigenvalue weighted by molar-refractivity contribution is 7.92. The van der Waals surface area contributed by atoms with Crippen LogP contribution in [0.2, 0.25) is 0 Å². The number of anilines is 1. The van der Waals surface area contributed by atoms with Gasteiger partial charge in [0.25, 0.3) is 10.0 Å². The summed E-state index contributed by atoms with van der Waals surface area (Å²) in [5.74, 6) is -1.49. The van der Waals surface area contributed by atoms with Crippen LogP contribution in [-0.4, -0.2) is 32.8 Å². The lowest BCUT2D eigenvalue weighted by Crippen LogP contribution is -2.19. The number of halogens is 3. The number of aromatic nitrogens is 1. The molecule has 3 aromatic rings. The van der Waals surface area contributed by atoms with Crippen molar-refractivity contribution in [2.24, 2.45) is 0 Å². The van der Waals surface area contributed by atoms with Crippen molar-refractivity contribution < 1.29 is 40.6 Å². The van der Waals surface area contributed by atoms with Gasteiger partial charge >= 0.3 is 12.3 Å². The summed E-state index contributed by atoms with van der Waals surface area (Å²) in [6, 6.07) is 11.9. The summed E-state index contributed by atoms with van der Waals surface area (Å²) in [7, 11) is -3.30. The Morgan fingerprint density at radius 3 is 2.38 bits per heavy atom. The van der Waals surface area contributed by atoms with E-state index in [1.54, 1.807) is 30.3 Å². The molecule has 0 aliphatic carbocycles. The fourth-order valence-corrected chi connectivity index (χ4v) is 3.76. The number of alkyl halides is 3. The monoisotopic (exact) mass is 468 g/mol. The summed E-state index contributed by atoms with van der Waals surface area (Å²) in [6.07, 6.45) is -2.73. The van der Waals surface area contributed by atoms with E-state index in [1.807, 2.05) is 0 Å². The van der Waals surface area contributed by atoms with Gasteiger partial charge in [-0.25, -0.2) is 13.2 Å². The van der Waals surface area contributed by atoms with Gasteiger partial charge in [-0.2, -0.15) is 0 Å². The summed E-state index contributed by atoms with van der Waals surface area (Å²) in [6.45, 7) is 0. The van der Waals surface area contributed by atoms with Crippen LogP contribution in [0.5, 0.6) is 17.2 Å². The molecule has 1 aromatic heterocycles. The molecule has 0 aliphatic rings. The first-order chi connectivity index (χ1) is 15.1. The maximum Gasteiger partial charge on any atom is 0.573 e. The number of ether oxygens (including phenoxy) is 3. The molecule has 0 aliphatic heterocycles. The fraction of sp³-hybridized carbons (Fsp3) is 0.100. The molecule has 0 radical (unpaired) electrons. The van der Waals surface area contributed by atoms with E-state index in [0.29, 0.717) is 6.07 Å². The number of nitrogens with zero attached hydrogens (tertiary/aromatic N) is 1. The van der Waals surface area contributed by atoms with E-state index in [2.05, 4.69) is 14.4 Å². The number of methoxy groups -OCH3 is 1. The number of sulfonamides is 1. The third-order valence-electron chi connectivity index (χ3n) is 3.84. The van der Waals surface area contributed by atoms with Gasteiger partial charge in [-0.1, -0.05) is 18.2 Å². The lowest BCUT2D eigenvalue weighted by atomic mass is 10.2. The van der Waals surface area contributed by atoms with Crippen molar-refractivity contribution in [1.82, 2.24) is 4.98 Å². The molecule has 0 saturated heterocycles. The normalized spacial score (nSPS) is 11.5. The summed E-state index contributed by atoms with van der Waals surface area (Å²) >= 11 is 0. The molecule has 12 heteroatoms. The zero-order valence-electron chi connectivity index (χ0n) is 16.3. The van der Waals surface area contributed by atoms with Crippen LogP contribution in [0.3, 0.4) is 0 Å². The van der Waals surface area contributed by atoms with Gasteiger partial charge in [-0.3, -0.25) is 9.71 Å². The molecule has 3 rings (SSSR count). The molecule has 0 bridgehead atoms. The highest BCUT2D eigenvalue weighted by Gasteiger charge is 2.32. The molecule has 2 aromatic carbocycles. The molecule has 1 N–H and O–H groups in total. The van der Waals surface area contributed by atoms with Crippen LogP contribution in [-0.2, 0) is 10.0 Å². The standard InChI is InChI=1S/C20H15F3N2O6S/c1-29-17-8-7-16(31-20(21,22)23)10-18(17)32(27,28)25-14-9-13(11-24-12-14)19(26)30-15-5-3-2-4-6-15/h2-12,25H,1H3. The van der Waals surface area contributed by atoms with Gasteiger partial charge in [-0.05, 0) is 30.3 Å². The Morgan fingerprint density at radius 2 is 1.72 bits per heavy atom. The quantitative estimate of drug-likeness (QED) is 0.413. The molecule has 1 heterocycles. The third-order valence-corrected chi connectivity index (χ3v) is 5.24. The van der Waals surface area contributed by atoms with Crippen LogP contribution in [0.25, 0.3) is 0 Å². The van der Waals surface area contributed by atoms with Gasteiger partial charge in [0.15, 0.2) is 0 Å². The van der Waals surface area contributed by atoms with Crippen LogP contribution < -0.4 is 18.9 Å². The summed E-state index contributed by atoms with van der Waals surface area (Å²) in [5.41, 5.74) is -0.188. The Labute approximate surface area is 180 Å². The van der Waals surface area contributed by atoms with E-state index in [1.165, 1.54) is 12.3 Å². The maximum absolute atomic E-state index is 12.8. The molecule has 0 amide bonds. The topological polar surface area (TPSA) is 104 Å². The van der Waals surface area contributed by atoms with Crippen molar-refractivity contribution in [2.45, 2.75) is 11.3 Å². The Morgan fingerprint density at radius 1 is 1.00 bits per heavy atom. The summed E-state index contributed by atoms with van der Waals surface area (Å²) < 4.78 is 79.1. The minimum atomic E-state index is -5.01. The predicted octanol–water partition coefficient (Wildman–Crippen LogP) is 4.01. The van der Waals surface area contributed by atoms with Gasteiger partial charge in [-0.15, -0.1) is 13.2 Å². The number of pyridine rings is 1. The fourth-order valence-electron chi connectivity index (χ4n) is 2.54. The first-order valence-corrected chi connectivity index (χ1v) is 10.2. The molecule has 168 valence electrons. The number of rotatable bonds is 7. The van der Waals surface area contributed by atoms with E-state index in [4.69, 9.17) is 9.47 Å². The lowest BCUT2D eigenvalue weighted by Gasteiger charge is -2.14. The number of para-hydroxylation sites is 1. The number of carbonyl (C=O) groups excluding carboxylic acids is 1. The van der Waals surface area contributed by atoms with E-state index >= 15 is 0 Å². The van der Waals surface area contributed by atoms with Crippen LogP contribution >= 0.6 is 0 Å². The number of esters is 1. The zero-order chi connectivity index (χ0) is 23.4. The van der Waals surface area contributed by atoms with Crippen molar-refractivity contribution in [3.05, 3.63) is 72.6 Å². The van der Waals surface area contributed by atoms with Gasteiger partial charge in [0.2, 0.25) is 0 Å². The third kappa shape index (κ3) is 5.88. The van der Waals surface area contributed by atoms with Gasteiger partial charge in [0, 0.05) is 12.3 Å². The summed E-state index contributed by atoms with van der Waals surface area (Å²) in [4.78, 5) is 15.5. The number of carbonyl (C=O) groups is 1. The lowest BCUT2D eigenvalue weighted by molar-refractivity contribution is -0.274. The van der Waals surface area contributed by atoms with Gasteiger partial charge < -0.3 is 14.2 Å². The number of hydrogen-bond acceptors (Lipinski definition) is 7. The highest BCUT2D eigenvalue weighted by atomic mass is 32.2. The molecule has 0 unspecified atom stereocenters. The van der Waals surface area contributed by atoms with Crippen LogP contribution in [0.4, 0.5) is 18.9 Å². The Bertz CT molecular complexity index is 1220. The second-order valence-corrected chi connectivity index (χ2v) is 7.78. The van der Waals surface area contributed by atoms with Crippen molar-refractivity contribution in [1.29, 1.82) is 0 Å². The van der Waals surface area contributed by atoms with Crippen LogP contribution in [0.15, 0.2) is 71.9 Å². The van der Waals surface area contributed by atoms with Crippen molar-refractivity contribution in [2.75, 3.05) is 11.8 Å². The molecular weight excluding hydrogens is 453 g/mol. The van der Waals surface area contributed by atoms with Crippen molar-refractivity contribution in [3.8, 4) is 17.2 Å². The largest absolute Gasteiger partial charge is 0.573 e. The van der Waals surface area contributed by atoms with Crippen molar-refractivity contribution in [3.63, 3.8) is 0 Å². The first-order valence-electron chi connectivity index (χ1n) is 8.76. The summed E-state index contributed by atoms with van der Waals surface area (Å²) in [5, 5.41) is 0. The van der Waals surface area contributed by atoms with Gasteiger partial charge in [0.1, 0.15) is 22.1 Å². The molecule has 0 fully saturated rings. The Kier molecular flexibility index (Phi) is 6.53. The van der Waals surface area contributed by atoms with Crippen molar-refractivity contribution >= 4 is 21.7 Å². The maximum atomic E-state index is 12.8. The van der Waals surface area contributed by atoms with Crippen LogP contribution in [0, 0.1) is 0 Å². The molecule has 0 saturated carbocycles. The second-order valence-electron chi connectivity index (χ2n) is 6.13. The van der Waals surface area contributed by atoms with E-state index in [-0.39, 0.29) is 22.7 Å². The number of benzene rings is 2. The highest BCUT2D eigenvalue weighted by Crippen LogP contribution is 2.32. The van der Waals surface area contributed by atoms with E-state index in [9.17, 15) is 26.4 Å². The SMILES string of the molecule is COc1ccc(OC(F)(F)F)cc1S(=O)(=O)Nc1cncc(C(=O)Oc2ccccc2)c1. The van der Waals surface area contributed by atoms with E-state index < -0.39 is 33.0 Å². The average molecular weight is 468 g/mol. The second kappa shape index (κ2) is 9.14. The molecule has 32 heavy (non-hydrogen) atoms. The number of nitrogens with one attached hydrogen (secondary N) is 1. The minimum absolute atomic E-state index is 0.0600. The smallest absolute Gasteiger partial charge is 0.495 e. The Hall–Kier alpha value is -3.80. The van der Waals surface area contributed by atoms with Gasteiger partial charge in [0.05, 0.1) is 24.6 Å². The number of hydrogen-bond donors (Lipinski definition) is 1. The molecular formula is C20H15F3N2O6S. The average Bonchev–Trinajstić information content (AvgIpc) is 2.73. The van der Waals surface area contributed by atoms with Crippen LogP contribution in [0.1, 0.15) is 10.4 Å². The van der Waals surface area contributed by atoms with E-state index in [0.717, 1.165) is 25.4 Å². The first kappa shape index (κ1) is 22.9. The molecule has 0 spiro atoms. The molecule has 8 nitrogen and oxygen atoms in total. The predicted molar refractivity (Wildman–Crippen MR) is 106 cm³/mol. The minimum Gasteiger partial charge on any atom is -0.495 e. The Balaban J connectivity index is 1.86.